The highest BCUT2D eigenvalue weighted by Crippen LogP contribution is 2.44. The summed E-state index contributed by atoms with van der Waals surface area (Å²) in [7, 11) is 0. The lowest BCUT2D eigenvalue weighted by Gasteiger charge is -2.14. The van der Waals surface area contributed by atoms with Gasteiger partial charge in [0.2, 0.25) is 0 Å². The first-order chi connectivity index (χ1) is 11.3. The van der Waals surface area contributed by atoms with Gasteiger partial charge < -0.3 is 10.1 Å². The highest BCUT2D eigenvalue weighted by molar-refractivity contribution is 5.79. The van der Waals surface area contributed by atoms with Gasteiger partial charge in [-0.25, -0.2) is 4.79 Å². The number of carbonyl (C=O) groups is 1. The third kappa shape index (κ3) is 3.73. The topological polar surface area (TPSA) is 38.3 Å². The molecule has 3 nitrogen and oxygen atoms in total. The van der Waals surface area contributed by atoms with Crippen molar-refractivity contribution < 1.29 is 9.53 Å². The lowest BCUT2D eigenvalue weighted by molar-refractivity contribution is 0.143. The van der Waals surface area contributed by atoms with E-state index in [1.54, 1.807) is 0 Å². The van der Waals surface area contributed by atoms with Crippen LogP contribution < -0.4 is 5.32 Å². The molecule has 0 saturated carbocycles. The summed E-state index contributed by atoms with van der Waals surface area (Å²) >= 11 is 0. The lowest BCUT2D eigenvalue weighted by Crippen LogP contribution is -2.26. The first kappa shape index (κ1) is 17.1. The molecule has 1 aliphatic carbocycles. The van der Waals surface area contributed by atoms with Gasteiger partial charge in [0.25, 0.3) is 0 Å². The predicted molar refractivity (Wildman–Crippen MR) is 94.7 cm³/mol. The van der Waals surface area contributed by atoms with Gasteiger partial charge in [-0.1, -0.05) is 69.3 Å². The Kier molecular flexibility index (Phi) is 6.21. The summed E-state index contributed by atoms with van der Waals surface area (Å²) in [5, 5.41) is 2.74. The van der Waals surface area contributed by atoms with Crippen molar-refractivity contribution in [2.75, 3.05) is 13.2 Å². The van der Waals surface area contributed by atoms with Crippen molar-refractivity contribution in [3.05, 3.63) is 59.7 Å². The largest absolute Gasteiger partial charge is 0.449 e. The second-order valence-corrected chi connectivity index (χ2v) is 5.25. The molecule has 122 valence electrons. The van der Waals surface area contributed by atoms with E-state index >= 15 is 0 Å². The predicted octanol–water partition coefficient (Wildman–Crippen LogP) is 4.96. The minimum atomic E-state index is -0.335. The standard InChI is InChI=1S/C18H19NO2.C2H6/c1-2-11-19-18(20)21-12-17-15-9-5-3-7-13(15)14-8-4-6-10-16(14)17;1-2/h3-10,17H,2,11-12H2,1H3,(H,19,20);1-2H3. The Bertz CT molecular complexity index is 606. The fourth-order valence-corrected chi connectivity index (χ4v) is 2.88. The van der Waals surface area contributed by atoms with Gasteiger partial charge in [0.15, 0.2) is 0 Å². The number of alkyl carbamates (subject to hydrolysis) is 1. The summed E-state index contributed by atoms with van der Waals surface area (Å²) in [6, 6.07) is 16.7. The number of hydrogen-bond donors (Lipinski definition) is 1. The number of hydrogen-bond acceptors (Lipinski definition) is 2. The molecular weight excluding hydrogens is 286 g/mol. The van der Waals surface area contributed by atoms with E-state index in [9.17, 15) is 4.79 Å². The molecule has 0 aliphatic heterocycles. The Hall–Kier alpha value is -2.29. The lowest BCUT2D eigenvalue weighted by atomic mass is 9.98. The molecule has 2 aromatic carbocycles. The van der Waals surface area contributed by atoms with Crippen LogP contribution in [-0.4, -0.2) is 19.2 Å². The maximum absolute atomic E-state index is 11.6. The quantitative estimate of drug-likeness (QED) is 0.866. The molecule has 1 N–H and O–H groups in total. The summed E-state index contributed by atoms with van der Waals surface area (Å²) < 4.78 is 5.39. The van der Waals surface area contributed by atoms with Gasteiger partial charge in [-0.2, -0.15) is 0 Å². The number of carbonyl (C=O) groups excluding carboxylic acids is 1. The van der Waals surface area contributed by atoms with Gasteiger partial charge in [-0.3, -0.25) is 0 Å². The van der Waals surface area contributed by atoms with Crippen LogP contribution in [-0.2, 0) is 4.74 Å². The zero-order valence-corrected chi connectivity index (χ0v) is 14.1. The van der Waals surface area contributed by atoms with Crippen LogP contribution in [0.15, 0.2) is 48.5 Å². The number of rotatable bonds is 4. The second kappa shape index (κ2) is 8.37. The zero-order chi connectivity index (χ0) is 16.7. The number of nitrogens with one attached hydrogen (secondary N) is 1. The molecule has 0 saturated heterocycles. The Morgan fingerprint density at radius 2 is 1.52 bits per heavy atom. The zero-order valence-electron chi connectivity index (χ0n) is 14.1. The Morgan fingerprint density at radius 3 is 2.04 bits per heavy atom. The number of ether oxygens (including phenoxy) is 1. The number of amides is 1. The van der Waals surface area contributed by atoms with Gasteiger partial charge in [-0.15, -0.1) is 0 Å². The SMILES string of the molecule is CC.CCCNC(=O)OCC1c2ccccc2-c2ccccc21. The molecule has 1 aliphatic rings. The van der Waals surface area contributed by atoms with Crippen LogP contribution in [0.25, 0.3) is 11.1 Å². The van der Waals surface area contributed by atoms with Crippen LogP contribution in [0, 0.1) is 0 Å². The highest BCUT2D eigenvalue weighted by Gasteiger charge is 2.28. The molecule has 0 radical (unpaired) electrons. The first-order valence-corrected chi connectivity index (χ1v) is 8.40. The van der Waals surface area contributed by atoms with Gasteiger partial charge >= 0.3 is 6.09 Å². The molecule has 3 heteroatoms. The summed E-state index contributed by atoms with van der Waals surface area (Å²) in [6.45, 7) is 7.05. The fraction of sp³-hybridized carbons (Fsp3) is 0.350. The van der Waals surface area contributed by atoms with E-state index < -0.39 is 0 Å². The Balaban J connectivity index is 0.000000924. The third-order valence-corrected chi connectivity index (χ3v) is 3.86. The molecule has 23 heavy (non-hydrogen) atoms. The average molecular weight is 311 g/mol. The maximum atomic E-state index is 11.6. The molecule has 0 aromatic heterocycles. The van der Waals surface area contributed by atoms with Gasteiger partial charge in [0.05, 0.1) is 0 Å². The molecule has 2 aromatic rings. The molecule has 0 fully saturated rings. The van der Waals surface area contributed by atoms with Crippen LogP contribution in [0.2, 0.25) is 0 Å². The van der Waals surface area contributed by atoms with Crippen molar-refractivity contribution >= 4 is 6.09 Å². The van der Waals surface area contributed by atoms with Crippen molar-refractivity contribution in [2.45, 2.75) is 33.1 Å². The molecule has 1 amide bonds. The van der Waals surface area contributed by atoms with E-state index in [1.165, 1.54) is 22.3 Å². The molecule has 0 bridgehead atoms. The van der Waals surface area contributed by atoms with Crippen LogP contribution in [0.4, 0.5) is 4.79 Å². The maximum Gasteiger partial charge on any atom is 0.407 e. The summed E-state index contributed by atoms with van der Waals surface area (Å²) in [5.41, 5.74) is 4.97. The third-order valence-electron chi connectivity index (χ3n) is 3.86. The van der Waals surface area contributed by atoms with E-state index in [1.807, 2.05) is 45.0 Å². The van der Waals surface area contributed by atoms with Gasteiger partial charge in [-0.05, 0) is 28.7 Å². The van der Waals surface area contributed by atoms with Crippen molar-refractivity contribution in [2.24, 2.45) is 0 Å². The first-order valence-electron chi connectivity index (χ1n) is 8.40. The van der Waals surface area contributed by atoms with Crippen LogP contribution in [0.5, 0.6) is 0 Å². The minimum Gasteiger partial charge on any atom is -0.449 e. The van der Waals surface area contributed by atoms with E-state index in [0.29, 0.717) is 13.2 Å². The molecule has 0 heterocycles. The van der Waals surface area contributed by atoms with Crippen LogP contribution in [0.3, 0.4) is 0 Å². The summed E-state index contributed by atoms with van der Waals surface area (Å²) in [6.07, 6.45) is 0.572. The van der Waals surface area contributed by atoms with Crippen LogP contribution >= 0.6 is 0 Å². The van der Waals surface area contributed by atoms with E-state index in [-0.39, 0.29) is 12.0 Å². The normalized spacial score (nSPS) is 11.8. The molecule has 0 unspecified atom stereocenters. The molecule has 3 rings (SSSR count). The molecular formula is C20H25NO2. The molecule has 0 spiro atoms. The highest BCUT2D eigenvalue weighted by atomic mass is 16.5. The number of fused-ring (bicyclic) bond motifs is 3. The van der Waals surface area contributed by atoms with Crippen molar-refractivity contribution in [3.8, 4) is 11.1 Å². The minimum absolute atomic E-state index is 0.129. The van der Waals surface area contributed by atoms with E-state index in [4.69, 9.17) is 4.74 Å². The average Bonchev–Trinajstić information content (AvgIpc) is 2.94. The monoisotopic (exact) mass is 311 g/mol. The van der Waals surface area contributed by atoms with Crippen molar-refractivity contribution in [1.82, 2.24) is 5.32 Å². The molecule has 0 atom stereocenters. The Morgan fingerprint density at radius 1 is 1.00 bits per heavy atom. The summed E-state index contributed by atoms with van der Waals surface area (Å²) in [5.74, 6) is 0.129. The van der Waals surface area contributed by atoms with Crippen molar-refractivity contribution in [1.29, 1.82) is 0 Å². The smallest absolute Gasteiger partial charge is 0.407 e. The second-order valence-electron chi connectivity index (χ2n) is 5.25. The van der Waals surface area contributed by atoms with E-state index in [2.05, 4.69) is 29.6 Å². The van der Waals surface area contributed by atoms with Crippen molar-refractivity contribution in [3.63, 3.8) is 0 Å². The van der Waals surface area contributed by atoms with Crippen LogP contribution in [0.1, 0.15) is 44.2 Å². The fourth-order valence-electron chi connectivity index (χ4n) is 2.88. The Labute approximate surface area is 138 Å². The van der Waals surface area contributed by atoms with Gasteiger partial charge in [0, 0.05) is 12.5 Å². The summed E-state index contributed by atoms with van der Waals surface area (Å²) in [4.78, 5) is 11.6. The van der Waals surface area contributed by atoms with Gasteiger partial charge in [0.1, 0.15) is 6.61 Å². The number of benzene rings is 2. The van der Waals surface area contributed by atoms with E-state index in [0.717, 1.165) is 6.42 Å².